The molecule has 15 heavy (non-hydrogen) atoms. The first-order chi connectivity index (χ1) is 7.40. The Kier molecular flexibility index (Phi) is 3.53. The lowest BCUT2D eigenvalue weighted by Crippen LogP contribution is -1.86. The van der Waals surface area contributed by atoms with Gasteiger partial charge in [-0.15, -0.1) is 11.6 Å². The Morgan fingerprint density at radius 2 is 2.33 bits per heavy atom. The van der Waals surface area contributed by atoms with Crippen LogP contribution in [0.25, 0.3) is 0 Å². The Morgan fingerprint density at radius 1 is 1.40 bits per heavy atom. The Hall–Kier alpha value is -1.13. The molecule has 0 aliphatic carbocycles. The van der Waals surface area contributed by atoms with E-state index < -0.39 is 0 Å². The highest BCUT2D eigenvalue weighted by atomic mass is 35.5. The molecule has 0 fully saturated rings. The highest BCUT2D eigenvalue weighted by Gasteiger charge is 2.10. The molecule has 0 aromatic heterocycles. The Morgan fingerprint density at radius 3 is 3.20 bits per heavy atom. The second-order valence-corrected chi connectivity index (χ2v) is 3.89. The minimum Gasteiger partial charge on any atom is -0.493 e. The zero-order valence-electron chi connectivity index (χ0n) is 8.55. The smallest absolute Gasteiger partial charge is 0.123 e. The lowest BCUT2D eigenvalue weighted by atomic mass is 10.1. The summed E-state index contributed by atoms with van der Waals surface area (Å²) in [5.41, 5.74) is 2.33. The third-order valence-electron chi connectivity index (χ3n) is 2.36. The standard InChI is InChI=1S/C13H13ClO/c14-8-3-1-2-4-11-5-6-12-7-9-15-13(12)10-11/h5-6,10H,1,3,7-9H2. The molecular formula is C13H13ClO. The maximum atomic E-state index is 5.57. The van der Waals surface area contributed by atoms with Gasteiger partial charge in [0, 0.05) is 24.3 Å². The molecule has 1 heterocycles. The number of halogens is 1. The van der Waals surface area contributed by atoms with E-state index in [9.17, 15) is 0 Å². The molecule has 0 spiro atoms. The van der Waals surface area contributed by atoms with Crippen LogP contribution in [0.5, 0.6) is 5.75 Å². The summed E-state index contributed by atoms with van der Waals surface area (Å²) in [6, 6.07) is 6.19. The average molecular weight is 221 g/mol. The van der Waals surface area contributed by atoms with Crippen molar-refractivity contribution in [2.45, 2.75) is 19.3 Å². The minimum atomic E-state index is 0.683. The Labute approximate surface area is 95.4 Å². The van der Waals surface area contributed by atoms with Gasteiger partial charge in [0.2, 0.25) is 0 Å². The van der Waals surface area contributed by atoms with Crippen molar-refractivity contribution in [1.29, 1.82) is 0 Å². The topological polar surface area (TPSA) is 9.23 Å². The van der Waals surface area contributed by atoms with E-state index in [2.05, 4.69) is 24.0 Å². The lowest BCUT2D eigenvalue weighted by molar-refractivity contribution is 0.356. The van der Waals surface area contributed by atoms with Crippen LogP contribution in [-0.2, 0) is 6.42 Å². The zero-order chi connectivity index (χ0) is 10.5. The molecule has 2 heteroatoms. The Bertz CT molecular complexity index is 401. The summed E-state index contributed by atoms with van der Waals surface area (Å²) in [6.07, 6.45) is 2.84. The summed E-state index contributed by atoms with van der Waals surface area (Å²) in [7, 11) is 0. The van der Waals surface area contributed by atoms with Gasteiger partial charge in [0.1, 0.15) is 5.75 Å². The number of rotatable bonds is 2. The van der Waals surface area contributed by atoms with Gasteiger partial charge in [-0.25, -0.2) is 0 Å². The Balaban J connectivity index is 2.05. The van der Waals surface area contributed by atoms with Gasteiger partial charge in [-0.1, -0.05) is 17.9 Å². The van der Waals surface area contributed by atoms with Crippen molar-refractivity contribution in [3.8, 4) is 17.6 Å². The van der Waals surface area contributed by atoms with E-state index in [1.54, 1.807) is 0 Å². The van der Waals surface area contributed by atoms with Crippen LogP contribution in [-0.4, -0.2) is 12.5 Å². The molecular weight excluding hydrogens is 208 g/mol. The van der Waals surface area contributed by atoms with Gasteiger partial charge in [0.05, 0.1) is 6.61 Å². The number of fused-ring (bicyclic) bond motifs is 1. The molecule has 0 radical (unpaired) electrons. The molecule has 0 atom stereocenters. The normalized spacial score (nSPS) is 12.6. The van der Waals surface area contributed by atoms with Crippen molar-refractivity contribution in [2.24, 2.45) is 0 Å². The van der Waals surface area contributed by atoms with Gasteiger partial charge in [-0.05, 0) is 24.1 Å². The fourth-order valence-corrected chi connectivity index (χ4v) is 1.70. The maximum absolute atomic E-state index is 5.57. The summed E-state index contributed by atoms with van der Waals surface area (Å²) in [6.45, 7) is 0.804. The molecule has 1 aromatic carbocycles. The number of hydrogen-bond donors (Lipinski definition) is 0. The third kappa shape index (κ3) is 2.67. The van der Waals surface area contributed by atoms with E-state index in [-0.39, 0.29) is 0 Å². The number of hydrogen-bond acceptors (Lipinski definition) is 1. The summed E-state index contributed by atoms with van der Waals surface area (Å²) >= 11 is 5.57. The van der Waals surface area contributed by atoms with Crippen LogP contribution in [0.4, 0.5) is 0 Å². The van der Waals surface area contributed by atoms with E-state index in [0.29, 0.717) is 5.88 Å². The predicted molar refractivity (Wildman–Crippen MR) is 62.5 cm³/mol. The zero-order valence-corrected chi connectivity index (χ0v) is 9.31. The van der Waals surface area contributed by atoms with E-state index in [0.717, 1.165) is 37.2 Å². The van der Waals surface area contributed by atoms with Gasteiger partial charge >= 0.3 is 0 Å². The number of unbranched alkanes of at least 4 members (excludes halogenated alkanes) is 1. The largest absolute Gasteiger partial charge is 0.493 e. The van der Waals surface area contributed by atoms with Crippen LogP contribution in [0.2, 0.25) is 0 Å². The van der Waals surface area contributed by atoms with Crippen molar-refractivity contribution >= 4 is 11.6 Å². The van der Waals surface area contributed by atoms with E-state index >= 15 is 0 Å². The van der Waals surface area contributed by atoms with Crippen LogP contribution >= 0.6 is 11.6 Å². The molecule has 0 bridgehead atoms. The molecule has 78 valence electrons. The van der Waals surface area contributed by atoms with E-state index in [1.165, 1.54) is 5.56 Å². The summed E-state index contributed by atoms with van der Waals surface area (Å²) < 4.78 is 5.48. The third-order valence-corrected chi connectivity index (χ3v) is 2.63. The first-order valence-corrected chi connectivity index (χ1v) is 5.74. The van der Waals surface area contributed by atoms with Gasteiger partial charge < -0.3 is 4.74 Å². The monoisotopic (exact) mass is 220 g/mol. The van der Waals surface area contributed by atoms with E-state index in [1.807, 2.05) is 6.07 Å². The molecule has 1 aliphatic rings. The van der Waals surface area contributed by atoms with Gasteiger partial charge in [-0.3, -0.25) is 0 Å². The maximum Gasteiger partial charge on any atom is 0.123 e. The molecule has 1 aliphatic heterocycles. The van der Waals surface area contributed by atoms with Crippen LogP contribution in [0, 0.1) is 11.8 Å². The van der Waals surface area contributed by atoms with Crippen molar-refractivity contribution in [3.05, 3.63) is 29.3 Å². The van der Waals surface area contributed by atoms with Crippen molar-refractivity contribution < 1.29 is 4.74 Å². The van der Waals surface area contributed by atoms with Crippen LogP contribution in [0.15, 0.2) is 18.2 Å². The SMILES string of the molecule is ClCCCC#Cc1ccc2c(c1)OCC2. The highest BCUT2D eigenvalue weighted by molar-refractivity contribution is 6.17. The first-order valence-electron chi connectivity index (χ1n) is 5.21. The van der Waals surface area contributed by atoms with Crippen molar-refractivity contribution in [1.82, 2.24) is 0 Å². The molecule has 2 rings (SSSR count). The summed E-state index contributed by atoms with van der Waals surface area (Å²) in [4.78, 5) is 0. The summed E-state index contributed by atoms with van der Waals surface area (Å²) in [5.74, 6) is 7.91. The first kappa shape index (κ1) is 10.4. The van der Waals surface area contributed by atoms with Gasteiger partial charge in [0.25, 0.3) is 0 Å². The average Bonchev–Trinajstić information content (AvgIpc) is 2.71. The van der Waals surface area contributed by atoms with Crippen LogP contribution < -0.4 is 4.74 Å². The van der Waals surface area contributed by atoms with Gasteiger partial charge in [0.15, 0.2) is 0 Å². The fraction of sp³-hybridized carbons (Fsp3) is 0.385. The fourth-order valence-electron chi connectivity index (χ4n) is 1.56. The molecule has 0 unspecified atom stereocenters. The molecule has 1 nitrogen and oxygen atoms in total. The number of benzene rings is 1. The molecule has 0 amide bonds. The summed E-state index contributed by atoms with van der Waals surface area (Å²) in [5, 5.41) is 0. The van der Waals surface area contributed by atoms with Crippen LogP contribution in [0.1, 0.15) is 24.0 Å². The molecule has 1 aromatic rings. The number of ether oxygens (including phenoxy) is 1. The quantitative estimate of drug-likeness (QED) is 0.423. The van der Waals surface area contributed by atoms with Crippen LogP contribution in [0.3, 0.4) is 0 Å². The van der Waals surface area contributed by atoms with E-state index in [4.69, 9.17) is 16.3 Å². The molecule has 0 N–H and O–H groups in total. The van der Waals surface area contributed by atoms with Crippen molar-refractivity contribution in [2.75, 3.05) is 12.5 Å². The number of alkyl halides is 1. The molecule has 0 saturated heterocycles. The van der Waals surface area contributed by atoms with Crippen molar-refractivity contribution in [3.63, 3.8) is 0 Å². The second kappa shape index (κ2) is 5.09. The minimum absolute atomic E-state index is 0.683. The molecule has 0 saturated carbocycles. The highest BCUT2D eigenvalue weighted by Crippen LogP contribution is 2.25. The predicted octanol–water partition coefficient (Wildman–Crippen LogP) is 2.99. The lowest BCUT2D eigenvalue weighted by Gasteiger charge is -1.98. The van der Waals surface area contributed by atoms with Gasteiger partial charge in [-0.2, -0.15) is 0 Å². The second-order valence-electron chi connectivity index (χ2n) is 3.52.